The van der Waals surface area contributed by atoms with Crippen LogP contribution in [0.5, 0.6) is 11.5 Å². The molecule has 1 aliphatic rings. The number of benzene rings is 3. The van der Waals surface area contributed by atoms with Crippen LogP contribution in [-0.2, 0) is 14.3 Å². The van der Waals surface area contributed by atoms with Crippen LogP contribution in [0, 0.1) is 16.0 Å². The molecule has 1 aliphatic heterocycles. The van der Waals surface area contributed by atoms with Crippen molar-refractivity contribution in [3.8, 4) is 11.5 Å². The van der Waals surface area contributed by atoms with Crippen molar-refractivity contribution in [2.45, 2.75) is 6.42 Å². The Balaban J connectivity index is 1.30. The average Bonchev–Trinajstić information content (AvgIpc) is 3.26. The molecule has 0 unspecified atom stereocenters. The van der Waals surface area contributed by atoms with Crippen molar-refractivity contribution in [1.29, 1.82) is 0 Å². The van der Waals surface area contributed by atoms with Crippen LogP contribution in [0.1, 0.15) is 16.8 Å². The Hall–Kier alpha value is -3.95. The van der Waals surface area contributed by atoms with Gasteiger partial charge in [-0.15, -0.1) is 0 Å². The molecule has 184 valence electrons. The van der Waals surface area contributed by atoms with E-state index >= 15 is 0 Å². The molecule has 36 heavy (non-hydrogen) atoms. The third-order valence-electron chi connectivity index (χ3n) is 5.49. The van der Waals surface area contributed by atoms with Gasteiger partial charge in [0.05, 0.1) is 26.6 Å². The van der Waals surface area contributed by atoms with E-state index < -0.39 is 29.2 Å². The number of esters is 1. The molecule has 3 aromatic rings. The lowest BCUT2D eigenvalue weighted by Crippen LogP contribution is -2.27. The first-order valence-corrected chi connectivity index (χ1v) is 11.4. The number of hydrogen-bond acceptors (Lipinski definition) is 7. The first kappa shape index (κ1) is 25.2. The van der Waals surface area contributed by atoms with Crippen LogP contribution in [0.3, 0.4) is 0 Å². The van der Waals surface area contributed by atoms with Gasteiger partial charge in [0.1, 0.15) is 11.5 Å². The zero-order chi connectivity index (χ0) is 25.8. The lowest BCUT2D eigenvalue weighted by Gasteiger charge is -2.18. The van der Waals surface area contributed by atoms with E-state index in [1.54, 1.807) is 30.3 Å². The van der Waals surface area contributed by atoms with Crippen molar-refractivity contribution in [3.05, 3.63) is 92.5 Å². The lowest BCUT2D eigenvalue weighted by atomic mass is 10.1. The van der Waals surface area contributed by atoms with Gasteiger partial charge < -0.3 is 14.4 Å². The fourth-order valence-corrected chi connectivity index (χ4v) is 4.02. The second kappa shape index (κ2) is 10.8. The Morgan fingerprint density at radius 2 is 1.64 bits per heavy atom. The number of halogens is 2. The van der Waals surface area contributed by atoms with Gasteiger partial charge in [0.15, 0.2) is 12.4 Å². The number of rotatable bonds is 8. The summed E-state index contributed by atoms with van der Waals surface area (Å²) < 4.78 is 10.8. The highest BCUT2D eigenvalue weighted by Crippen LogP contribution is 2.36. The molecule has 0 N–H and O–H groups in total. The minimum Gasteiger partial charge on any atom is -0.457 e. The van der Waals surface area contributed by atoms with Crippen LogP contribution in [0.4, 0.5) is 11.4 Å². The number of ketones is 1. The number of amides is 1. The molecule has 11 heteroatoms. The number of Topliss-reactive ketones (excluding diaryl/α,β-unsaturated/α-hetero) is 1. The molecule has 0 bridgehead atoms. The maximum atomic E-state index is 12.5. The summed E-state index contributed by atoms with van der Waals surface area (Å²) in [7, 11) is 0. The van der Waals surface area contributed by atoms with Crippen LogP contribution in [0.2, 0.25) is 10.0 Å². The normalized spacial score (nSPS) is 15.0. The number of hydrogen-bond donors (Lipinski definition) is 0. The molecule has 9 nitrogen and oxygen atoms in total. The molecular formula is C25H18Cl2N2O7. The van der Waals surface area contributed by atoms with Crippen molar-refractivity contribution >= 4 is 52.2 Å². The van der Waals surface area contributed by atoms with Gasteiger partial charge in [-0.3, -0.25) is 24.5 Å². The van der Waals surface area contributed by atoms with Crippen molar-refractivity contribution in [2.24, 2.45) is 5.92 Å². The highest BCUT2D eigenvalue weighted by molar-refractivity contribution is 6.44. The van der Waals surface area contributed by atoms with Crippen LogP contribution in [0.25, 0.3) is 0 Å². The Labute approximate surface area is 215 Å². The van der Waals surface area contributed by atoms with Crippen molar-refractivity contribution in [3.63, 3.8) is 0 Å². The van der Waals surface area contributed by atoms with Gasteiger partial charge in [-0.25, -0.2) is 0 Å². The van der Waals surface area contributed by atoms with Crippen molar-refractivity contribution in [1.82, 2.24) is 0 Å². The first-order chi connectivity index (χ1) is 17.2. The predicted octanol–water partition coefficient (Wildman–Crippen LogP) is 5.47. The molecule has 0 spiro atoms. The van der Waals surface area contributed by atoms with Gasteiger partial charge in [-0.05, 0) is 48.5 Å². The molecule has 0 aliphatic carbocycles. The van der Waals surface area contributed by atoms with Crippen molar-refractivity contribution < 1.29 is 28.8 Å². The highest BCUT2D eigenvalue weighted by atomic mass is 35.5. The quantitative estimate of drug-likeness (QED) is 0.164. The second-order valence-electron chi connectivity index (χ2n) is 7.89. The van der Waals surface area contributed by atoms with E-state index in [9.17, 15) is 24.5 Å². The van der Waals surface area contributed by atoms with E-state index in [1.165, 1.54) is 41.3 Å². The molecule has 3 aromatic carbocycles. The summed E-state index contributed by atoms with van der Waals surface area (Å²) in [6, 6.07) is 16.6. The number of nitro benzene ring substituents is 1. The second-order valence-corrected chi connectivity index (χ2v) is 8.67. The first-order valence-electron chi connectivity index (χ1n) is 10.7. The molecule has 1 amide bonds. The number of carbonyl (C=O) groups excluding carboxylic acids is 3. The highest BCUT2D eigenvalue weighted by Gasteiger charge is 2.37. The van der Waals surface area contributed by atoms with E-state index in [4.69, 9.17) is 32.7 Å². The maximum Gasteiger partial charge on any atom is 0.311 e. The van der Waals surface area contributed by atoms with Crippen LogP contribution < -0.4 is 9.64 Å². The molecule has 0 aromatic heterocycles. The SMILES string of the molecule is O=C(COC(=O)[C@H]1CC(=O)N(c2cccc(Cl)c2Cl)C1)c1ccc(Oc2ccc([N+](=O)[O-])cc2)cc1. The largest absolute Gasteiger partial charge is 0.457 e. The fourth-order valence-electron chi connectivity index (χ4n) is 3.62. The van der Waals surface area contributed by atoms with Gasteiger partial charge in [0, 0.05) is 30.7 Å². The summed E-state index contributed by atoms with van der Waals surface area (Å²) in [6.45, 7) is -0.412. The molecule has 1 fully saturated rings. The summed E-state index contributed by atoms with van der Waals surface area (Å²) in [5.74, 6) is -1.30. The van der Waals surface area contributed by atoms with Gasteiger partial charge in [-0.2, -0.15) is 0 Å². The number of ether oxygens (including phenoxy) is 2. The zero-order valence-corrected chi connectivity index (χ0v) is 20.1. The summed E-state index contributed by atoms with van der Waals surface area (Å²) >= 11 is 12.2. The number of anilines is 1. The lowest BCUT2D eigenvalue weighted by molar-refractivity contribution is -0.384. The molecule has 1 heterocycles. The molecular weight excluding hydrogens is 511 g/mol. The smallest absolute Gasteiger partial charge is 0.311 e. The van der Waals surface area contributed by atoms with Crippen LogP contribution >= 0.6 is 23.2 Å². The van der Waals surface area contributed by atoms with E-state index in [1.807, 2.05) is 0 Å². The van der Waals surface area contributed by atoms with E-state index in [0.717, 1.165) is 0 Å². The summed E-state index contributed by atoms with van der Waals surface area (Å²) in [5.41, 5.74) is 0.658. The Morgan fingerprint density at radius 1 is 1.00 bits per heavy atom. The predicted molar refractivity (Wildman–Crippen MR) is 132 cm³/mol. The summed E-state index contributed by atoms with van der Waals surface area (Å²) in [6.07, 6.45) is -0.0649. The Bertz CT molecular complexity index is 1330. The molecule has 4 rings (SSSR count). The zero-order valence-electron chi connectivity index (χ0n) is 18.6. The third-order valence-corrected chi connectivity index (χ3v) is 6.29. The standard InChI is InChI=1S/C25H18Cl2N2O7/c26-20-2-1-3-21(24(20)27)28-13-16(12-23(28)31)25(32)35-14-22(30)15-4-8-18(9-5-15)36-19-10-6-17(7-11-19)29(33)34/h1-11,16H,12-14H2/t16-/m0/s1. The van der Waals surface area contributed by atoms with E-state index in [0.29, 0.717) is 27.8 Å². The van der Waals surface area contributed by atoms with Crippen molar-refractivity contribution in [2.75, 3.05) is 18.1 Å². The molecule has 1 atom stereocenters. The van der Waals surface area contributed by atoms with Crippen LogP contribution in [-0.4, -0.2) is 35.7 Å². The van der Waals surface area contributed by atoms with Crippen LogP contribution in [0.15, 0.2) is 66.7 Å². The van der Waals surface area contributed by atoms with Gasteiger partial charge in [0.25, 0.3) is 5.69 Å². The van der Waals surface area contributed by atoms with E-state index in [2.05, 4.69) is 0 Å². The monoisotopic (exact) mass is 528 g/mol. The maximum absolute atomic E-state index is 12.5. The van der Waals surface area contributed by atoms with Gasteiger partial charge >= 0.3 is 5.97 Å². The molecule has 1 saturated heterocycles. The minimum atomic E-state index is -0.738. The van der Waals surface area contributed by atoms with Gasteiger partial charge in [-0.1, -0.05) is 29.3 Å². The third kappa shape index (κ3) is 5.64. The molecule has 0 radical (unpaired) electrons. The fraction of sp³-hybridized carbons (Fsp3) is 0.160. The average molecular weight is 529 g/mol. The van der Waals surface area contributed by atoms with E-state index in [-0.39, 0.29) is 29.6 Å². The minimum absolute atomic E-state index is 0.0548. The summed E-state index contributed by atoms with van der Waals surface area (Å²) in [5, 5.41) is 11.2. The number of non-ortho nitro benzene ring substituents is 1. The van der Waals surface area contributed by atoms with Gasteiger partial charge in [0.2, 0.25) is 5.91 Å². The number of nitrogens with zero attached hydrogens (tertiary/aromatic N) is 2. The summed E-state index contributed by atoms with van der Waals surface area (Å²) in [4.78, 5) is 49.0. The topological polar surface area (TPSA) is 116 Å². The Morgan fingerprint density at radius 3 is 2.28 bits per heavy atom. The Kier molecular flexibility index (Phi) is 7.52. The number of nitro groups is 1. The number of carbonyl (C=O) groups is 3. The molecule has 0 saturated carbocycles.